The van der Waals surface area contributed by atoms with Crippen LogP contribution in [0.25, 0.3) is 11.0 Å². The largest absolute Gasteiger partial charge is 0.393 e. The molecule has 0 spiro atoms. The Hall–Kier alpha value is -1.53. The summed E-state index contributed by atoms with van der Waals surface area (Å²) in [5, 5.41) is 14.9. The summed E-state index contributed by atoms with van der Waals surface area (Å²) in [7, 11) is 0. The molecule has 0 aliphatic carbocycles. The fraction of sp³-hybridized carbons (Fsp3) is 0.583. The highest BCUT2D eigenvalue weighted by atomic mass is 16.3. The van der Waals surface area contributed by atoms with Crippen LogP contribution in [0.5, 0.6) is 0 Å². The van der Waals surface area contributed by atoms with Crippen molar-refractivity contribution < 1.29 is 5.11 Å². The lowest BCUT2D eigenvalue weighted by Crippen LogP contribution is -2.39. The van der Waals surface area contributed by atoms with Gasteiger partial charge in [0.2, 0.25) is 0 Å². The first-order valence-corrected chi connectivity index (χ1v) is 6.38. The van der Waals surface area contributed by atoms with E-state index in [1.807, 2.05) is 4.68 Å². The molecule has 1 unspecified atom stereocenters. The molecule has 1 aliphatic rings. The van der Waals surface area contributed by atoms with Gasteiger partial charge in [0.15, 0.2) is 5.65 Å². The molecule has 0 saturated carbocycles. The van der Waals surface area contributed by atoms with Crippen LogP contribution in [-0.2, 0) is 0 Å². The second-order valence-electron chi connectivity index (χ2n) is 4.65. The minimum atomic E-state index is -0.113. The van der Waals surface area contributed by atoms with Crippen molar-refractivity contribution in [2.45, 2.75) is 25.4 Å². The second kappa shape index (κ2) is 4.99. The fourth-order valence-electron chi connectivity index (χ4n) is 2.58. The van der Waals surface area contributed by atoms with Gasteiger partial charge in [-0.05, 0) is 12.8 Å². The second-order valence-corrected chi connectivity index (χ2v) is 4.65. The molecule has 96 valence electrons. The lowest BCUT2D eigenvalue weighted by Gasteiger charge is -2.33. The topological polar surface area (TPSA) is 67.1 Å². The van der Waals surface area contributed by atoms with Crippen molar-refractivity contribution in [2.75, 3.05) is 19.7 Å². The monoisotopic (exact) mass is 247 g/mol. The van der Waals surface area contributed by atoms with Crippen LogP contribution in [0.2, 0.25) is 0 Å². The van der Waals surface area contributed by atoms with Gasteiger partial charge >= 0.3 is 0 Å². The summed E-state index contributed by atoms with van der Waals surface area (Å²) in [6.07, 6.45) is 8.55. The SMILES string of the molecule is OCC(N1CCCCC1)n1ncc2cncnc21. The molecule has 1 fully saturated rings. The summed E-state index contributed by atoms with van der Waals surface area (Å²) in [4.78, 5) is 10.5. The number of hydrogen-bond donors (Lipinski definition) is 1. The molecule has 2 aromatic rings. The van der Waals surface area contributed by atoms with E-state index in [0.29, 0.717) is 0 Å². The number of aliphatic hydroxyl groups excluding tert-OH is 1. The van der Waals surface area contributed by atoms with Gasteiger partial charge in [-0.3, -0.25) is 4.90 Å². The Morgan fingerprint density at radius 3 is 2.83 bits per heavy atom. The van der Waals surface area contributed by atoms with E-state index in [-0.39, 0.29) is 12.8 Å². The molecule has 2 aromatic heterocycles. The van der Waals surface area contributed by atoms with Gasteiger partial charge in [-0.2, -0.15) is 5.10 Å². The standard InChI is InChI=1S/C12H17N5O/c18-8-11(16-4-2-1-3-5-16)17-12-10(7-15-17)6-13-9-14-12/h6-7,9,11,18H,1-5,8H2. The zero-order chi connectivity index (χ0) is 12.4. The van der Waals surface area contributed by atoms with Crippen LogP contribution in [0.3, 0.4) is 0 Å². The molecule has 3 rings (SSSR count). The maximum absolute atomic E-state index is 9.66. The molecule has 0 radical (unpaired) electrons. The van der Waals surface area contributed by atoms with Crippen LogP contribution in [-0.4, -0.2) is 49.5 Å². The van der Waals surface area contributed by atoms with Crippen LogP contribution in [0, 0.1) is 0 Å². The van der Waals surface area contributed by atoms with E-state index >= 15 is 0 Å². The normalized spacial score (nSPS) is 19.2. The fourth-order valence-corrected chi connectivity index (χ4v) is 2.58. The van der Waals surface area contributed by atoms with Crippen LogP contribution in [0.1, 0.15) is 25.4 Å². The Bertz CT molecular complexity index is 520. The van der Waals surface area contributed by atoms with Crippen LogP contribution in [0.4, 0.5) is 0 Å². The van der Waals surface area contributed by atoms with Crippen molar-refractivity contribution in [2.24, 2.45) is 0 Å². The van der Waals surface area contributed by atoms with Crippen molar-refractivity contribution in [3.63, 3.8) is 0 Å². The first kappa shape index (κ1) is 11.6. The van der Waals surface area contributed by atoms with Gasteiger partial charge in [-0.25, -0.2) is 14.6 Å². The summed E-state index contributed by atoms with van der Waals surface area (Å²) in [6.45, 7) is 2.08. The van der Waals surface area contributed by atoms with Gasteiger partial charge in [0.25, 0.3) is 0 Å². The Morgan fingerprint density at radius 1 is 1.22 bits per heavy atom. The number of piperidine rings is 1. The molecule has 3 heterocycles. The summed E-state index contributed by atoms with van der Waals surface area (Å²) < 4.78 is 1.81. The van der Waals surface area contributed by atoms with Crippen molar-refractivity contribution in [1.82, 2.24) is 24.6 Å². The average molecular weight is 247 g/mol. The minimum Gasteiger partial charge on any atom is -0.393 e. The summed E-state index contributed by atoms with van der Waals surface area (Å²) in [5.41, 5.74) is 0.787. The van der Waals surface area contributed by atoms with E-state index in [0.717, 1.165) is 24.1 Å². The predicted molar refractivity (Wildman–Crippen MR) is 66.9 cm³/mol. The van der Waals surface area contributed by atoms with Crippen LogP contribution >= 0.6 is 0 Å². The van der Waals surface area contributed by atoms with Gasteiger partial charge < -0.3 is 5.11 Å². The third-order valence-corrected chi connectivity index (χ3v) is 3.51. The number of fused-ring (bicyclic) bond motifs is 1. The highest BCUT2D eigenvalue weighted by Gasteiger charge is 2.23. The third-order valence-electron chi connectivity index (χ3n) is 3.51. The number of likely N-dealkylation sites (tertiary alicyclic amines) is 1. The highest BCUT2D eigenvalue weighted by molar-refractivity contribution is 5.72. The molecule has 0 aromatic carbocycles. The number of aromatic nitrogens is 4. The van der Waals surface area contributed by atoms with E-state index < -0.39 is 0 Å². The summed E-state index contributed by atoms with van der Waals surface area (Å²) in [5.74, 6) is 0. The van der Waals surface area contributed by atoms with Gasteiger partial charge in [0, 0.05) is 19.3 Å². The Labute approximate surface area is 105 Å². The molecule has 1 N–H and O–H groups in total. The first-order chi connectivity index (χ1) is 8.90. The molecular formula is C12H17N5O. The van der Waals surface area contributed by atoms with E-state index in [4.69, 9.17) is 0 Å². The smallest absolute Gasteiger partial charge is 0.162 e. The minimum absolute atomic E-state index is 0.0563. The molecule has 6 nitrogen and oxygen atoms in total. The van der Waals surface area contributed by atoms with Crippen molar-refractivity contribution in [3.8, 4) is 0 Å². The Morgan fingerprint density at radius 2 is 2.06 bits per heavy atom. The number of nitrogens with zero attached hydrogens (tertiary/aromatic N) is 5. The van der Waals surface area contributed by atoms with Gasteiger partial charge in [-0.15, -0.1) is 0 Å². The average Bonchev–Trinajstić information content (AvgIpc) is 2.85. The molecule has 0 bridgehead atoms. The molecule has 6 heteroatoms. The zero-order valence-electron chi connectivity index (χ0n) is 10.2. The maximum atomic E-state index is 9.66. The first-order valence-electron chi connectivity index (χ1n) is 6.38. The van der Waals surface area contributed by atoms with Crippen LogP contribution in [0.15, 0.2) is 18.7 Å². The lowest BCUT2D eigenvalue weighted by molar-refractivity contribution is 0.0535. The quantitative estimate of drug-likeness (QED) is 0.869. The predicted octanol–water partition coefficient (Wildman–Crippen LogP) is 0.803. The summed E-state index contributed by atoms with van der Waals surface area (Å²) in [6, 6.07) is 0. The van der Waals surface area contributed by atoms with E-state index in [2.05, 4.69) is 20.0 Å². The Kier molecular flexibility index (Phi) is 3.21. The maximum Gasteiger partial charge on any atom is 0.162 e. The van der Waals surface area contributed by atoms with Gasteiger partial charge in [0.1, 0.15) is 12.5 Å². The molecule has 1 aliphatic heterocycles. The highest BCUT2D eigenvalue weighted by Crippen LogP contribution is 2.21. The Balaban J connectivity index is 1.95. The van der Waals surface area contributed by atoms with Crippen LogP contribution < -0.4 is 0 Å². The number of hydrogen-bond acceptors (Lipinski definition) is 5. The molecular weight excluding hydrogens is 230 g/mol. The van der Waals surface area contributed by atoms with Gasteiger partial charge in [0.05, 0.1) is 18.2 Å². The molecule has 18 heavy (non-hydrogen) atoms. The van der Waals surface area contributed by atoms with E-state index in [1.54, 1.807) is 12.4 Å². The number of aliphatic hydroxyl groups is 1. The van der Waals surface area contributed by atoms with Crippen molar-refractivity contribution in [1.29, 1.82) is 0 Å². The van der Waals surface area contributed by atoms with Gasteiger partial charge in [-0.1, -0.05) is 6.42 Å². The van der Waals surface area contributed by atoms with E-state index in [9.17, 15) is 5.11 Å². The zero-order valence-corrected chi connectivity index (χ0v) is 10.2. The van der Waals surface area contributed by atoms with Crippen molar-refractivity contribution in [3.05, 3.63) is 18.7 Å². The molecule has 1 atom stereocenters. The number of rotatable bonds is 3. The van der Waals surface area contributed by atoms with E-state index in [1.165, 1.54) is 25.6 Å². The molecule has 0 amide bonds. The van der Waals surface area contributed by atoms with Crippen molar-refractivity contribution >= 4 is 11.0 Å². The molecule has 1 saturated heterocycles. The third kappa shape index (κ3) is 1.97. The summed E-state index contributed by atoms with van der Waals surface area (Å²) >= 11 is 0. The lowest BCUT2D eigenvalue weighted by atomic mass is 10.1.